The molecule has 0 saturated heterocycles. The second kappa shape index (κ2) is 7.09. The summed E-state index contributed by atoms with van der Waals surface area (Å²) in [7, 11) is 0. The summed E-state index contributed by atoms with van der Waals surface area (Å²) >= 11 is 0. The summed E-state index contributed by atoms with van der Waals surface area (Å²) in [5, 5.41) is 14.7. The van der Waals surface area contributed by atoms with Crippen LogP contribution in [-0.4, -0.2) is 36.1 Å². The average molecular weight is 280 g/mol. The number of hydrogen-bond donors (Lipinski definition) is 3. The molecule has 2 rings (SSSR count). The molecule has 0 unspecified atom stereocenters. The van der Waals surface area contributed by atoms with Gasteiger partial charge in [-0.15, -0.1) is 0 Å². The second-order valence-corrected chi connectivity index (χ2v) is 5.14. The summed E-state index contributed by atoms with van der Waals surface area (Å²) in [6.45, 7) is 0.539. The molecule has 0 aromatic carbocycles. The fourth-order valence-corrected chi connectivity index (χ4v) is 2.33. The lowest BCUT2D eigenvalue weighted by molar-refractivity contribution is -0.120. The third kappa shape index (κ3) is 4.38. The number of amides is 2. The van der Waals surface area contributed by atoms with E-state index in [1.165, 1.54) is 6.26 Å². The molecule has 110 valence electrons. The fourth-order valence-electron chi connectivity index (χ4n) is 2.33. The number of aliphatic hydroxyl groups excluding tert-OH is 1. The monoisotopic (exact) mass is 280 g/mol. The molecule has 2 amide bonds. The molecular formula is C14H20N2O4. The minimum Gasteiger partial charge on any atom is -0.459 e. The molecule has 1 aliphatic rings. The van der Waals surface area contributed by atoms with Crippen molar-refractivity contribution in [2.75, 3.05) is 13.1 Å². The van der Waals surface area contributed by atoms with Crippen molar-refractivity contribution in [2.24, 2.45) is 5.92 Å². The van der Waals surface area contributed by atoms with Gasteiger partial charge in [0, 0.05) is 6.54 Å². The van der Waals surface area contributed by atoms with Crippen LogP contribution in [0.3, 0.4) is 0 Å². The van der Waals surface area contributed by atoms with Gasteiger partial charge in [0.15, 0.2) is 5.76 Å². The third-order valence-corrected chi connectivity index (χ3v) is 3.56. The number of aliphatic hydroxyl groups is 1. The van der Waals surface area contributed by atoms with Gasteiger partial charge in [-0.3, -0.25) is 9.59 Å². The molecule has 6 heteroatoms. The quantitative estimate of drug-likeness (QED) is 0.739. The Hall–Kier alpha value is -1.82. The van der Waals surface area contributed by atoms with E-state index in [2.05, 4.69) is 10.6 Å². The van der Waals surface area contributed by atoms with Crippen LogP contribution in [0.15, 0.2) is 22.8 Å². The highest BCUT2D eigenvalue weighted by Crippen LogP contribution is 2.23. The van der Waals surface area contributed by atoms with Crippen LogP contribution in [-0.2, 0) is 4.79 Å². The summed E-state index contributed by atoms with van der Waals surface area (Å²) in [6, 6.07) is 3.16. The molecule has 3 N–H and O–H groups in total. The van der Waals surface area contributed by atoms with Crippen molar-refractivity contribution in [1.82, 2.24) is 10.6 Å². The Morgan fingerprint density at radius 2 is 2.00 bits per heavy atom. The lowest BCUT2D eigenvalue weighted by Crippen LogP contribution is -2.39. The molecule has 0 atom stereocenters. The van der Waals surface area contributed by atoms with Gasteiger partial charge in [-0.25, -0.2) is 0 Å². The Morgan fingerprint density at radius 3 is 2.65 bits per heavy atom. The maximum Gasteiger partial charge on any atom is 0.287 e. The van der Waals surface area contributed by atoms with Gasteiger partial charge >= 0.3 is 0 Å². The van der Waals surface area contributed by atoms with E-state index in [0.29, 0.717) is 12.5 Å². The highest BCUT2D eigenvalue weighted by molar-refractivity contribution is 5.94. The Balaban J connectivity index is 1.62. The van der Waals surface area contributed by atoms with Gasteiger partial charge in [0.1, 0.15) is 0 Å². The molecule has 1 aliphatic carbocycles. The van der Waals surface area contributed by atoms with E-state index in [9.17, 15) is 14.7 Å². The van der Waals surface area contributed by atoms with Crippen molar-refractivity contribution in [3.8, 4) is 0 Å². The van der Waals surface area contributed by atoms with Gasteiger partial charge in [0.05, 0.1) is 18.9 Å². The molecule has 1 aromatic heterocycles. The Kier molecular flexibility index (Phi) is 5.17. The lowest BCUT2D eigenvalue weighted by Gasteiger charge is -2.25. The number of carbonyl (C=O) groups excluding carboxylic acids is 2. The number of rotatable bonds is 5. The van der Waals surface area contributed by atoms with Crippen LogP contribution < -0.4 is 10.6 Å². The van der Waals surface area contributed by atoms with E-state index in [4.69, 9.17) is 4.42 Å². The Bertz CT molecular complexity index is 436. The van der Waals surface area contributed by atoms with Gasteiger partial charge in [0.2, 0.25) is 5.91 Å². The molecule has 1 saturated carbocycles. The van der Waals surface area contributed by atoms with E-state index in [1.807, 2.05) is 0 Å². The lowest BCUT2D eigenvalue weighted by atomic mass is 9.87. The van der Waals surface area contributed by atoms with E-state index in [0.717, 1.165) is 25.7 Å². The minimum absolute atomic E-state index is 0.0606. The topological polar surface area (TPSA) is 91.6 Å². The normalized spacial score (nSPS) is 22.2. The molecule has 0 spiro atoms. The summed E-state index contributed by atoms with van der Waals surface area (Å²) in [5.41, 5.74) is 0. The molecule has 0 radical (unpaired) electrons. The van der Waals surface area contributed by atoms with Crippen LogP contribution in [0.2, 0.25) is 0 Å². The molecule has 6 nitrogen and oxygen atoms in total. The molecule has 0 aliphatic heterocycles. The van der Waals surface area contributed by atoms with Gasteiger partial charge in [0.25, 0.3) is 5.91 Å². The highest BCUT2D eigenvalue weighted by atomic mass is 16.3. The second-order valence-electron chi connectivity index (χ2n) is 5.14. The van der Waals surface area contributed by atoms with E-state index in [1.54, 1.807) is 12.1 Å². The predicted octanol–water partition coefficient (Wildman–Crippen LogP) is 0.677. The molecule has 1 heterocycles. The molecular weight excluding hydrogens is 260 g/mol. The largest absolute Gasteiger partial charge is 0.459 e. The first kappa shape index (κ1) is 14.6. The third-order valence-electron chi connectivity index (χ3n) is 3.56. The Labute approximate surface area is 117 Å². The average Bonchev–Trinajstić information content (AvgIpc) is 2.98. The first-order valence-corrected chi connectivity index (χ1v) is 6.91. The molecule has 1 fully saturated rings. The zero-order valence-electron chi connectivity index (χ0n) is 11.3. The van der Waals surface area contributed by atoms with Gasteiger partial charge < -0.3 is 20.2 Å². The first-order valence-electron chi connectivity index (χ1n) is 6.91. The van der Waals surface area contributed by atoms with Crippen LogP contribution >= 0.6 is 0 Å². The number of furan rings is 1. The van der Waals surface area contributed by atoms with E-state index >= 15 is 0 Å². The minimum atomic E-state index is -0.397. The molecule has 0 bridgehead atoms. The standard InChI is InChI=1S/C14H20N2O4/c17-11-5-3-10(4-6-11)8-15-13(18)9-16-14(19)12-2-1-7-20-12/h1-2,7,10-11,17H,3-6,8-9H2,(H,15,18)(H,16,19). The zero-order chi connectivity index (χ0) is 14.4. The summed E-state index contributed by atoms with van der Waals surface area (Å²) in [5.74, 6) is 0.00385. The van der Waals surface area contributed by atoms with Crippen molar-refractivity contribution in [3.63, 3.8) is 0 Å². The van der Waals surface area contributed by atoms with Crippen molar-refractivity contribution >= 4 is 11.8 Å². The maximum atomic E-state index is 11.6. The zero-order valence-corrected chi connectivity index (χ0v) is 11.3. The smallest absolute Gasteiger partial charge is 0.287 e. The van der Waals surface area contributed by atoms with Gasteiger partial charge in [-0.05, 0) is 43.7 Å². The summed E-state index contributed by atoms with van der Waals surface area (Å²) in [6.07, 6.45) is 4.69. The van der Waals surface area contributed by atoms with Crippen molar-refractivity contribution in [1.29, 1.82) is 0 Å². The summed E-state index contributed by atoms with van der Waals surface area (Å²) in [4.78, 5) is 23.2. The molecule has 1 aromatic rings. The first-order chi connectivity index (χ1) is 9.65. The van der Waals surface area contributed by atoms with Crippen LogP contribution in [0.1, 0.15) is 36.2 Å². The van der Waals surface area contributed by atoms with Crippen molar-refractivity contribution in [3.05, 3.63) is 24.2 Å². The SMILES string of the molecule is O=C(CNC(=O)c1ccco1)NCC1CCC(O)CC1. The van der Waals surface area contributed by atoms with E-state index in [-0.39, 0.29) is 24.3 Å². The number of hydrogen-bond acceptors (Lipinski definition) is 4. The summed E-state index contributed by atoms with van der Waals surface area (Å²) < 4.78 is 4.93. The van der Waals surface area contributed by atoms with Crippen molar-refractivity contribution < 1.29 is 19.1 Å². The molecule has 20 heavy (non-hydrogen) atoms. The van der Waals surface area contributed by atoms with Gasteiger partial charge in [-0.2, -0.15) is 0 Å². The Morgan fingerprint density at radius 1 is 1.25 bits per heavy atom. The van der Waals surface area contributed by atoms with E-state index < -0.39 is 5.91 Å². The number of carbonyl (C=O) groups is 2. The number of nitrogens with one attached hydrogen (secondary N) is 2. The van der Waals surface area contributed by atoms with Crippen molar-refractivity contribution in [2.45, 2.75) is 31.8 Å². The van der Waals surface area contributed by atoms with Crippen LogP contribution in [0, 0.1) is 5.92 Å². The van der Waals surface area contributed by atoms with Crippen LogP contribution in [0.25, 0.3) is 0 Å². The highest BCUT2D eigenvalue weighted by Gasteiger charge is 2.19. The fraction of sp³-hybridized carbons (Fsp3) is 0.571. The predicted molar refractivity (Wildman–Crippen MR) is 72.0 cm³/mol. The van der Waals surface area contributed by atoms with Crippen LogP contribution in [0.4, 0.5) is 0 Å². The van der Waals surface area contributed by atoms with Crippen LogP contribution in [0.5, 0.6) is 0 Å². The maximum absolute atomic E-state index is 11.6. The van der Waals surface area contributed by atoms with Gasteiger partial charge in [-0.1, -0.05) is 0 Å².